The summed E-state index contributed by atoms with van der Waals surface area (Å²) in [5, 5.41) is 3.13. The molecule has 100 valence electrons. The summed E-state index contributed by atoms with van der Waals surface area (Å²) in [5.41, 5.74) is 2.38. The Morgan fingerprint density at radius 2 is 2.39 bits per heavy atom. The van der Waals surface area contributed by atoms with E-state index in [1.165, 1.54) is 18.4 Å². The Hall–Kier alpha value is -0.970. The van der Waals surface area contributed by atoms with Gasteiger partial charge in [-0.3, -0.25) is 9.88 Å². The molecule has 0 spiro atoms. The summed E-state index contributed by atoms with van der Waals surface area (Å²) in [4.78, 5) is 6.95. The van der Waals surface area contributed by atoms with Gasteiger partial charge >= 0.3 is 0 Å². The molecule has 1 aromatic rings. The van der Waals surface area contributed by atoms with Crippen LogP contribution in [0.5, 0.6) is 0 Å². The maximum atomic E-state index is 5.44. The van der Waals surface area contributed by atoms with Gasteiger partial charge in [0.05, 0.1) is 11.8 Å². The highest BCUT2D eigenvalue weighted by molar-refractivity contribution is 5.14. The maximum absolute atomic E-state index is 5.44. The maximum Gasteiger partial charge on any atom is 0.0698 e. The van der Waals surface area contributed by atoms with E-state index in [-0.39, 0.29) is 0 Å². The molecular weight excluding hydrogens is 226 g/mol. The normalized spacial score (nSPS) is 21.1. The molecule has 1 atom stereocenters. The molecule has 0 bridgehead atoms. The van der Waals surface area contributed by atoms with Crippen LogP contribution in [0.3, 0.4) is 0 Å². The fraction of sp³-hybridized carbons (Fsp3) is 0.643. The van der Waals surface area contributed by atoms with Gasteiger partial charge in [0.1, 0.15) is 0 Å². The van der Waals surface area contributed by atoms with Crippen LogP contribution in [0.1, 0.15) is 24.1 Å². The van der Waals surface area contributed by atoms with Crippen molar-refractivity contribution in [3.05, 3.63) is 29.6 Å². The van der Waals surface area contributed by atoms with E-state index in [9.17, 15) is 0 Å². The van der Waals surface area contributed by atoms with Crippen molar-refractivity contribution in [2.24, 2.45) is 0 Å². The molecule has 2 heterocycles. The fourth-order valence-corrected chi connectivity index (χ4v) is 2.44. The minimum Gasteiger partial charge on any atom is -0.380 e. The number of piperidine rings is 1. The van der Waals surface area contributed by atoms with Crippen LogP contribution in [0.2, 0.25) is 0 Å². The zero-order valence-electron chi connectivity index (χ0n) is 11.4. The van der Waals surface area contributed by atoms with Gasteiger partial charge in [-0.05, 0) is 38.1 Å². The molecular formula is C14H23N3O. The van der Waals surface area contributed by atoms with Crippen molar-refractivity contribution >= 4 is 0 Å². The van der Waals surface area contributed by atoms with Gasteiger partial charge in [0.15, 0.2) is 0 Å². The second kappa shape index (κ2) is 6.83. The first-order valence-electron chi connectivity index (χ1n) is 6.65. The number of rotatable bonds is 5. The average molecular weight is 249 g/mol. The van der Waals surface area contributed by atoms with Gasteiger partial charge in [0.2, 0.25) is 0 Å². The molecule has 2 rings (SSSR count). The van der Waals surface area contributed by atoms with Gasteiger partial charge in [0.25, 0.3) is 0 Å². The van der Waals surface area contributed by atoms with Gasteiger partial charge in [-0.2, -0.15) is 0 Å². The Morgan fingerprint density at radius 1 is 1.50 bits per heavy atom. The third-order valence-corrected chi connectivity index (χ3v) is 3.45. The molecule has 1 aliphatic rings. The summed E-state index contributed by atoms with van der Waals surface area (Å²) in [6, 6.07) is 4.28. The van der Waals surface area contributed by atoms with Gasteiger partial charge in [-0.1, -0.05) is 6.07 Å². The molecule has 1 unspecified atom stereocenters. The predicted octanol–water partition coefficient (Wildman–Crippen LogP) is 1.41. The summed E-state index contributed by atoms with van der Waals surface area (Å²) in [6.45, 7) is 3.98. The third-order valence-electron chi connectivity index (χ3n) is 3.45. The van der Waals surface area contributed by atoms with Crippen molar-refractivity contribution in [3.63, 3.8) is 0 Å². The molecule has 0 saturated carbocycles. The number of likely N-dealkylation sites (tertiary alicyclic amines) is 1. The molecule has 0 radical (unpaired) electrons. The number of nitrogens with one attached hydrogen (secondary N) is 1. The van der Waals surface area contributed by atoms with Gasteiger partial charge in [-0.25, -0.2) is 0 Å². The van der Waals surface area contributed by atoms with E-state index in [4.69, 9.17) is 4.74 Å². The van der Waals surface area contributed by atoms with Crippen LogP contribution in [-0.4, -0.2) is 43.2 Å². The highest BCUT2D eigenvalue weighted by Crippen LogP contribution is 2.14. The molecule has 0 aliphatic carbocycles. The highest BCUT2D eigenvalue weighted by Gasteiger charge is 2.19. The van der Waals surface area contributed by atoms with Crippen LogP contribution in [-0.2, 0) is 17.8 Å². The quantitative estimate of drug-likeness (QED) is 0.856. The Morgan fingerprint density at radius 3 is 3.06 bits per heavy atom. The fourth-order valence-electron chi connectivity index (χ4n) is 2.44. The molecule has 0 amide bonds. The summed E-state index contributed by atoms with van der Waals surface area (Å²) < 4.78 is 5.44. The second-order valence-corrected chi connectivity index (χ2v) is 4.92. The zero-order valence-corrected chi connectivity index (χ0v) is 11.4. The summed E-state index contributed by atoms with van der Waals surface area (Å²) in [7, 11) is 3.76. The van der Waals surface area contributed by atoms with Gasteiger partial charge in [0, 0.05) is 32.9 Å². The van der Waals surface area contributed by atoms with Crippen LogP contribution < -0.4 is 5.32 Å². The Bertz CT molecular complexity index is 353. The standard InChI is InChI=1S/C14H23N3O/c1-15-8-12-5-6-13(16-9-12)10-17-7-3-4-14(11-17)18-2/h5-6,9,14-15H,3-4,7-8,10-11H2,1-2H3. The van der Waals surface area contributed by atoms with E-state index in [0.717, 1.165) is 31.9 Å². The molecule has 1 saturated heterocycles. The SMILES string of the molecule is CNCc1ccc(CN2CCCC(OC)C2)nc1. The third kappa shape index (κ3) is 3.77. The Balaban J connectivity index is 1.88. The van der Waals surface area contributed by atoms with Crippen molar-refractivity contribution in [2.45, 2.75) is 32.0 Å². The zero-order chi connectivity index (χ0) is 12.8. The van der Waals surface area contributed by atoms with Crippen molar-refractivity contribution in [2.75, 3.05) is 27.2 Å². The van der Waals surface area contributed by atoms with Crippen molar-refractivity contribution in [3.8, 4) is 0 Å². The summed E-state index contributed by atoms with van der Waals surface area (Å²) >= 11 is 0. The van der Waals surface area contributed by atoms with Crippen molar-refractivity contribution < 1.29 is 4.74 Å². The van der Waals surface area contributed by atoms with E-state index >= 15 is 0 Å². The van der Waals surface area contributed by atoms with E-state index in [2.05, 4.69) is 27.3 Å². The number of nitrogens with zero attached hydrogens (tertiary/aromatic N) is 2. The van der Waals surface area contributed by atoms with Gasteiger partial charge < -0.3 is 10.1 Å². The second-order valence-electron chi connectivity index (χ2n) is 4.92. The Labute approximate surface area is 109 Å². The van der Waals surface area contributed by atoms with Crippen molar-refractivity contribution in [1.82, 2.24) is 15.2 Å². The summed E-state index contributed by atoms with van der Waals surface area (Å²) in [6.07, 6.45) is 4.75. The Kier molecular flexibility index (Phi) is 5.11. The van der Waals surface area contributed by atoms with Crippen LogP contribution in [0.25, 0.3) is 0 Å². The van der Waals surface area contributed by atoms with E-state index in [0.29, 0.717) is 6.10 Å². The lowest BCUT2D eigenvalue weighted by Crippen LogP contribution is -2.38. The average Bonchev–Trinajstić information content (AvgIpc) is 2.42. The first kappa shape index (κ1) is 13.5. The van der Waals surface area contributed by atoms with E-state index in [1.54, 1.807) is 7.11 Å². The number of hydrogen-bond donors (Lipinski definition) is 1. The molecule has 1 aliphatic heterocycles. The summed E-state index contributed by atoms with van der Waals surface area (Å²) in [5.74, 6) is 0. The minimum absolute atomic E-state index is 0.391. The largest absolute Gasteiger partial charge is 0.380 e. The lowest BCUT2D eigenvalue weighted by molar-refractivity contribution is 0.0281. The van der Waals surface area contributed by atoms with Crippen LogP contribution in [0, 0.1) is 0 Å². The molecule has 1 aromatic heterocycles. The lowest BCUT2D eigenvalue weighted by Gasteiger charge is -2.31. The van der Waals surface area contributed by atoms with Crippen LogP contribution >= 0.6 is 0 Å². The lowest BCUT2D eigenvalue weighted by atomic mass is 10.1. The van der Waals surface area contributed by atoms with Crippen LogP contribution in [0.4, 0.5) is 0 Å². The smallest absolute Gasteiger partial charge is 0.0698 e. The van der Waals surface area contributed by atoms with E-state index < -0.39 is 0 Å². The molecule has 1 fully saturated rings. The van der Waals surface area contributed by atoms with Gasteiger partial charge in [-0.15, -0.1) is 0 Å². The molecule has 0 aromatic carbocycles. The molecule has 4 nitrogen and oxygen atoms in total. The monoisotopic (exact) mass is 249 g/mol. The first-order chi connectivity index (χ1) is 8.81. The van der Waals surface area contributed by atoms with Crippen LogP contribution in [0.15, 0.2) is 18.3 Å². The topological polar surface area (TPSA) is 37.4 Å². The molecule has 18 heavy (non-hydrogen) atoms. The first-order valence-corrected chi connectivity index (χ1v) is 6.65. The number of methoxy groups -OCH3 is 1. The van der Waals surface area contributed by atoms with Crippen molar-refractivity contribution in [1.29, 1.82) is 0 Å². The number of ether oxygens (including phenoxy) is 1. The highest BCUT2D eigenvalue weighted by atomic mass is 16.5. The number of pyridine rings is 1. The van der Waals surface area contributed by atoms with E-state index in [1.807, 2.05) is 13.2 Å². The minimum atomic E-state index is 0.391. The molecule has 4 heteroatoms. The molecule has 1 N–H and O–H groups in total. The number of aromatic nitrogens is 1. The predicted molar refractivity (Wildman–Crippen MR) is 72.3 cm³/mol. The number of hydrogen-bond acceptors (Lipinski definition) is 4.